The minimum absolute atomic E-state index is 0.912. The van der Waals surface area contributed by atoms with Crippen LogP contribution in [0.2, 0.25) is 0 Å². The zero-order chi connectivity index (χ0) is 36.3. The number of rotatable bonds is 6. The van der Waals surface area contributed by atoms with Crippen molar-refractivity contribution in [1.29, 1.82) is 0 Å². The Hall–Kier alpha value is -7.36. The van der Waals surface area contributed by atoms with E-state index in [1.165, 1.54) is 43.7 Å². The Balaban J connectivity index is 0.983. The first kappa shape index (κ1) is 31.2. The Morgan fingerprint density at radius 1 is 0.345 bits per heavy atom. The molecule has 0 saturated heterocycles. The molecule has 0 saturated carbocycles. The molecule has 0 aliphatic carbocycles. The van der Waals surface area contributed by atoms with Crippen molar-refractivity contribution < 1.29 is 4.42 Å². The van der Waals surface area contributed by atoms with Gasteiger partial charge in [0.05, 0.1) is 16.7 Å². The van der Waals surface area contributed by atoms with E-state index in [1.807, 2.05) is 12.1 Å². The van der Waals surface area contributed by atoms with Crippen LogP contribution in [0, 0.1) is 0 Å². The van der Waals surface area contributed by atoms with Crippen LogP contribution in [0.1, 0.15) is 0 Å². The summed E-state index contributed by atoms with van der Waals surface area (Å²) in [5, 5.41) is 7.22. The molecule has 11 aromatic rings. The highest BCUT2D eigenvalue weighted by Crippen LogP contribution is 2.41. The van der Waals surface area contributed by atoms with Gasteiger partial charge in [-0.1, -0.05) is 140 Å². The van der Waals surface area contributed by atoms with Crippen LogP contribution in [0.5, 0.6) is 0 Å². The van der Waals surface area contributed by atoms with E-state index < -0.39 is 0 Å². The van der Waals surface area contributed by atoms with Gasteiger partial charge in [-0.2, -0.15) is 0 Å². The summed E-state index contributed by atoms with van der Waals surface area (Å²) in [5.74, 6) is 0. The van der Waals surface area contributed by atoms with Crippen LogP contribution < -0.4 is 4.90 Å². The smallest absolute Gasteiger partial charge is 0.136 e. The SMILES string of the molecule is c1cc(N(c2ccc(-c3ccc(-c4ccc5c(c4)oc4ccccc45)cc3)cc2)c2cccc3ccccc23)cc(-n2c3ccccc3c3ccccc32)c1. The van der Waals surface area contributed by atoms with E-state index in [-0.39, 0.29) is 0 Å². The molecule has 2 aromatic heterocycles. The number of benzene rings is 9. The van der Waals surface area contributed by atoms with Gasteiger partial charge in [0.2, 0.25) is 0 Å². The summed E-state index contributed by atoms with van der Waals surface area (Å²) < 4.78 is 8.57. The van der Waals surface area contributed by atoms with Crippen LogP contribution >= 0.6 is 0 Å². The number of aromatic nitrogens is 1. The molecule has 0 aliphatic heterocycles. The van der Waals surface area contributed by atoms with Crippen molar-refractivity contribution in [3.8, 4) is 27.9 Å². The number of nitrogens with zero attached hydrogens (tertiary/aromatic N) is 2. The van der Waals surface area contributed by atoms with Crippen LogP contribution in [0.15, 0.2) is 211 Å². The second-order valence-corrected chi connectivity index (χ2v) is 14.2. The Bertz CT molecular complexity index is 3150. The molecule has 0 spiro atoms. The van der Waals surface area contributed by atoms with E-state index in [2.05, 4.69) is 204 Å². The molecule has 0 radical (unpaired) electrons. The van der Waals surface area contributed by atoms with Crippen molar-refractivity contribution in [2.24, 2.45) is 0 Å². The minimum Gasteiger partial charge on any atom is -0.456 e. The average Bonchev–Trinajstić information content (AvgIpc) is 3.80. The van der Waals surface area contributed by atoms with Gasteiger partial charge in [0.15, 0.2) is 0 Å². The third-order valence-corrected chi connectivity index (χ3v) is 11.0. The maximum absolute atomic E-state index is 6.18. The molecule has 258 valence electrons. The van der Waals surface area contributed by atoms with Crippen LogP contribution in [0.3, 0.4) is 0 Å². The first-order chi connectivity index (χ1) is 27.3. The molecular weight excluding hydrogens is 669 g/mol. The Morgan fingerprint density at radius 3 is 1.64 bits per heavy atom. The van der Waals surface area contributed by atoms with Crippen molar-refractivity contribution in [3.05, 3.63) is 206 Å². The van der Waals surface area contributed by atoms with Crippen LogP contribution in [0.4, 0.5) is 17.1 Å². The standard InChI is InChI=1S/C52H34N2O/c1-2-15-43-38(11-1)12-9-21-48(43)53(41-13-10-14-42(34-41)54-49-19-6-3-16-44(49)45-17-4-7-20-50(45)54)40-30-27-36(28-31-40)35-23-25-37(26-24-35)39-29-32-47-46-18-5-8-22-51(46)55-52(47)33-39/h1-34H. The van der Waals surface area contributed by atoms with Gasteiger partial charge < -0.3 is 13.9 Å². The number of anilines is 3. The molecular formula is C52H34N2O. The summed E-state index contributed by atoms with van der Waals surface area (Å²) in [6.07, 6.45) is 0. The van der Waals surface area contributed by atoms with Gasteiger partial charge >= 0.3 is 0 Å². The molecule has 55 heavy (non-hydrogen) atoms. The van der Waals surface area contributed by atoms with Crippen molar-refractivity contribution >= 4 is 71.6 Å². The minimum atomic E-state index is 0.912. The third kappa shape index (κ3) is 5.20. The number of hydrogen-bond donors (Lipinski definition) is 0. The average molecular weight is 703 g/mol. The van der Waals surface area contributed by atoms with Gasteiger partial charge in [-0.25, -0.2) is 0 Å². The molecule has 11 rings (SSSR count). The first-order valence-corrected chi connectivity index (χ1v) is 18.8. The molecule has 9 aromatic carbocycles. The maximum Gasteiger partial charge on any atom is 0.136 e. The van der Waals surface area contributed by atoms with Crippen molar-refractivity contribution in [3.63, 3.8) is 0 Å². The summed E-state index contributed by atoms with van der Waals surface area (Å²) in [4.78, 5) is 2.39. The van der Waals surface area contributed by atoms with Crippen molar-refractivity contribution in [1.82, 2.24) is 4.57 Å². The molecule has 0 atom stereocenters. The van der Waals surface area contributed by atoms with Gasteiger partial charge in [0.1, 0.15) is 11.2 Å². The number of para-hydroxylation sites is 3. The summed E-state index contributed by atoms with van der Waals surface area (Å²) in [6, 6.07) is 74.0. The van der Waals surface area contributed by atoms with Gasteiger partial charge in [0, 0.05) is 44.0 Å². The fourth-order valence-corrected chi connectivity index (χ4v) is 8.37. The Kier molecular flexibility index (Phi) is 7.17. The largest absolute Gasteiger partial charge is 0.456 e. The molecule has 0 aliphatic rings. The Morgan fingerprint density at radius 2 is 0.891 bits per heavy atom. The molecule has 0 bridgehead atoms. The second kappa shape index (κ2) is 12.6. The van der Waals surface area contributed by atoms with E-state index in [1.54, 1.807) is 0 Å². The highest BCUT2D eigenvalue weighted by molar-refractivity contribution is 6.09. The number of furan rings is 1. The molecule has 0 N–H and O–H groups in total. The van der Waals surface area contributed by atoms with E-state index in [0.29, 0.717) is 0 Å². The zero-order valence-corrected chi connectivity index (χ0v) is 29.9. The lowest BCUT2D eigenvalue weighted by molar-refractivity contribution is 0.669. The van der Waals surface area contributed by atoms with E-state index in [9.17, 15) is 0 Å². The maximum atomic E-state index is 6.18. The zero-order valence-electron chi connectivity index (χ0n) is 29.9. The molecule has 3 nitrogen and oxygen atoms in total. The van der Waals surface area contributed by atoms with E-state index in [0.717, 1.165) is 55.8 Å². The highest BCUT2D eigenvalue weighted by Gasteiger charge is 2.18. The summed E-state index contributed by atoms with van der Waals surface area (Å²) in [6.45, 7) is 0. The molecule has 0 fully saturated rings. The van der Waals surface area contributed by atoms with E-state index >= 15 is 0 Å². The van der Waals surface area contributed by atoms with Gasteiger partial charge in [-0.15, -0.1) is 0 Å². The normalized spacial score (nSPS) is 11.6. The predicted molar refractivity (Wildman–Crippen MR) is 231 cm³/mol. The summed E-state index contributed by atoms with van der Waals surface area (Å²) in [7, 11) is 0. The fraction of sp³-hybridized carbons (Fsp3) is 0. The topological polar surface area (TPSA) is 21.3 Å². The van der Waals surface area contributed by atoms with Crippen molar-refractivity contribution in [2.45, 2.75) is 0 Å². The molecule has 0 unspecified atom stereocenters. The van der Waals surface area contributed by atoms with Crippen molar-refractivity contribution in [2.75, 3.05) is 4.90 Å². The lowest BCUT2D eigenvalue weighted by atomic mass is 9.99. The van der Waals surface area contributed by atoms with Crippen LogP contribution in [-0.4, -0.2) is 4.57 Å². The first-order valence-electron chi connectivity index (χ1n) is 18.8. The lowest BCUT2D eigenvalue weighted by Gasteiger charge is -2.27. The number of fused-ring (bicyclic) bond motifs is 7. The second-order valence-electron chi connectivity index (χ2n) is 14.2. The monoisotopic (exact) mass is 702 g/mol. The highest BCUT2D eigenvalue weighted by atomic mass is 16.3. The summed E-state index contributed by atoms with van der Waals surface area (Å²) in [5.41, 5.74) is 13.3. The third-order valence-electron chi connectivity index (χ3n) is 11.0. The van der Waals surface area contributed by atoms with Gasteiger partial charge in [-0.05, 0) is 94.4 Å². The summed E-state index contributed by atoms with van der Waals surface area (Å²) >= 11 is 0. The molecule has 2 heterocycles. The van der Waals surface area contributed by atoms with Crippen LogP contribution in [-0.2, 0) is 0 Å². The number of hydrogen-bond acceptors (Lipinski definition) is 2. The Labute approximate surface area is 318 Å². The van der Waals surface area contributed by atoms with Gasteiger partial charge in [-0.3, -0.25) is 0 Å². The lowest BCUT2D eigenvalue weighted by Crippen LogP contribution is -2.11. The quantitative estimate of drug-likeness (QED) is 0.172. The van der Waals surface area contributed by atoms with Gasteiger partial charge in [0.25, 0.3) is 0 Å². The molecule has 0 amide bonds. The molecule has 3 heteroatoms. The fourth-order valence-electron chi connectivity index (χ4n) is 8.37. The van der Waals surface area contributed by atoms with E-state index in [4.69, 9.17) is 4.42 Å². The predicted octanol–water partition coefficient (Wildman–Crippen LogP) is 14.6. The van der Waals surface area contributed by atoms with Crippen LogP contribution in [0.25, 0.3) is 82.5 Å².